The van der Waals surface area contributed by atoms with Crippen LogP contribution < -0.4 is 5.32 Å². The summed E-state index contributed by atoms with van der Waals surface area (Å²) >= 11 is 0. The van der Waals surface area contributed by atoms with Gasteiger partial charge in [-0.3, -0.25) is 5.32 Å². The van der Waals surface area contributed by atoms with Crippen LogP contribution in [0, 0.1) is 5.92 Å². The number of rotatable bonds is 1. The molecule has 1 aromatic rings. The molecule has 0 saturated carbocycles. The molecule has 1 fully saturated rings. The maximum atomic E-state index is 5.53. The molecule has 0 bridgehead atoms. The van der Waals surface area contributed by atoms with Gasteiger partial charge in [0.05, 0.1) is 12.9 Å². The predicted molar refractivity (Wildman–Crippen MR) is 44.6 cm³/mol. The van der Waals surface area contributed by atoms with E-state index in [2.05, 4.69) is 12.2 Å². The monoisotopic (exact) mass is 167 g/mol. The minimum atomic E-state index is -0.0452. The SMILES string of the molecule is CC1CNC(c2ccco2)OC1. The van der Waals surface area contributed by atoms with E-state index in [4.69, 9.17) is 9.15 Å². The van der Waals surface area contributed by atoms with Crippen molar-refractivity contribution in [2.45, 2.75) is 13.2 Å². The molecule has 1 aliphatic rings. The summed E-state index contributed by atoms with van der Waals surface area (Å²) in [6.45, 7) is 3.95. The Morgan fingerprint density at radius 2 is 2.50 bits per heavy atom. The van der Waals surface area contributed by atoms with E-state index in [0.717, 1.165) is 18.9 Å². The number of ether oxygens (including phenoxy) is 1. The summed E-state index contributed by atoms with van der Waals surface area (Å²) in [5, 5.41) is 3.26. The van der Waals surface area contributed by atoms with Gasteiger partial charge in [-0.1, -0.05) is 6.92 Å². The highest BCUT2D eigenvalue weighted by atomic mass is 16.5. The topological polar surface area (TPSA) is 34.4 Å². The van der Waals surface area contributed by atoms with Crippen LogP contribution in [0.2, 0.25) is 0 Å². The summed E-state index contributed by atoms with van der Waals surface area (Å²) in [4.78, 5) is 0. The molecule has 2 rings (SSSR count). The van der Waals surface area contributed by atoms with Crippen LogP contribution in [0.3, 0.4) is 0 Å². The molecule has 1 N–H and O–H groups in total. The fourth-order valence-corrected chi connectivity index (χ4v) is 1.31. The molecule has 1 aliphatic heterocycles. The Labute approximate surface area is 71.7 Å². The molecule has 2 unspecified atom stereocenters. The lowest BCUT2D eigenvalue weighted by Gasteiger charge is -2.26. The molecule has 3 heteroatoms. The smallest absolute Gasteiger partial charge is 0.167 e. The first kappa shape index (κ1) is 7.83. The first-order valence-corrected chi connectivity index (χ1v) is 4.24. The minimum absolute atomic E-state index is 0.0452. The average Bonchev–Trinajstić information content (AvgIpc) is 2.58. The molecule has 66 valence electrons. The summed E-state index contributed by atoms with van der Waals surface area (Å²) in [5.74, 6) is 1.46. The Balaban J connectivity index is 1.99. The molecule has 0 spiro atoms. The van der Waals surface area contributed by atoms with Crippen LogP contribution in [0.25, 0.3) is 0 Å². The van der Waals surface area contributed by atoms with Gasteiger partial charge in [0.2, 0.25) is 0 Å². The zero-order chi connectivity index (χ0) is 8.39. The highest BCUT2D eigenvalue weighted by Crippen LogP contribution is 2.19. The van der Waals surface area contributed by atoms with E-state index in [1.165, 1.54) is 0 Å². The Morgan fingerprint density at radius 3 is 3.08 bits per heavy atom. The number of hydrogen-bond donors (Lipinski definition) is 1. The van der Waals surface area contributed by atoms with Gasteiger partial charge >= 0.3 is 0 Å². The van der Waals surface area contributed by atoms with Crippen molar-refractivity contribution in [1.82, 2.24) is 5.32 Å². The first-order valence-electron chi connectivity index (χ1n) is 4.24. The molecular weight excluding hydrogens is 154 g/mol. The fourth-order valence-electron chi connectivity index (χ4n) is 1.31. The largest absolute Gasteiger partial charge is 0.465 e. The maximum Gasteiger partial charge on any atom is 0.167 e. The fraction of sp³-hybridized carbons (Fsp3) is 0.556. The van der Waals surface area contributed by atoms with E-state index >= 15 is 0 Å². The van der Waals surface area contributed by atoms with Crippen molar-refractivity contribution in [3.05, 3.63) is 24.2 Å². The molecule has 2 heterocycles. The molecule has 1 saturated heterocycles. The summed E-state index contributed by atoms with van der Waals surface area (Å²) in [7, 11) is 0. The lowest BCUT2D eigenvalue weighted by atomic mass is 10.1. The third-order valence-corrected chi connectivity index (χ3v) is 2.00. The van der Waals surface area contributed by atoms with Crippen LogP contribution in [0.5, 0.6) is 0 Å². The van der Waals surface area contributed by atoms with Crippen molar-refractivity contribution < 1.29 is 9.15 Å². The second-order valence-corrected chi connectivity index (χ2v) is 3.24. The molecule has 12 heavy (non-hydrogen) atoms. The highest BCUT2D eigenvalue weighted by Gasteiger charge is 2.20. The number of hydrogen-bond acceptors (Lipinski definition) is 3. The third kappa shape index (κ3) is 1.52. The summed E-state index contributed by atoms with van der Waals surface area (Å²) in [6, 6.07) is 3.80. The normalized spacial score (nSPS) is 30.4. The van der Waals surface area contributed by atoms with Crippen molar-refractivity contribution in [1.29, 1.82) is 0 Å². The molecule has 2 atom stereocenters. The van der Waals surface area contributed by atoms with Gasteiger partial charge in [-0.25, -0.2) is 0 Å². The van der Waals surface area contributed by atoms with Crippen LogP contribution in [0.4, 0.5) is 0 Å². The predicted octanol–water partition coefficient (Wildman–Crippen LogP) is 1.53. The summed E-state index contributed by atoms with van der Waals surface area (Å²) in [6.07, 6.45) is 1.62. The second kappa shape index (κ2) is 3.29. The quantitative estimate of drug-likeness (QED) is 0.688. The van der Waals surface area contributed by atoms with Crippen LogP contribution in [0.15, 0.2) is 22.8 Å². The van der Waals surface area contributed by atoms with Crippen LogP contribution in [0.1, 0.15) is 18.9 Å². The van der Waals surface area contributed by atoms with Crippen molar-refractivity contribution in [3.63, 3.8) is 0 Å². The van der Waals surface area contributed by atoms with Crippen molar-refractivity contribution in [3.8, 4) is 0 Å². The van der Waals surface area contributed by atoms with Crippen LogP contribution in [-0.4, -0.2) is 13.2 Å². The zero-order valence-corrected chi connectivity index (χ0v) is 7.12. The summed E-state index contributed by atoms with van der Waals surface area (Å²) < 4.78 is 10.8. The van der Waals surface area contributed by atoms with Crippen LogP contribution >= 0.6 is 0 Å². The van der Waals surface area contributed by atoms with E-state index in [9.17, 15) is 0 Å². The van der Waals surface area contributed by atoms with Gasteiger partial charge in [0.25, 0.3) is 0 Å². The molecule has 1 aromatic heterocycles. The lowest BCUT2D eigenvalue weighted by molar-refractivity contribution is -0.0367. The molecular formula is C9H13NO2. The van der Waals surface area contributed by atoms with Crippen molar-refractivity contribution in [2.75, 3.05) is 13.2 Å². The first-order chi connectivity index (χ1) is 5.86. The van der Waals surface area contributed by atoms with Gasteiger partial charge in [0, 0.05) is 6.54 Å². The second-order valence-electron chi connectivity index (χ2n) is 3.24. The molecule has 0 radical (unpaired) electrons. The van der Waals surface area contributed by atoms with Crippen LogP contribution in [-0.2, 0) is 4.74 Å². The van der Waals surface area contributed by atoms with Gasteiger partial charge in [0.15, 0.2) is 6.23 Å². The Morgan fingerprint density at radius 1 is 1.58 bits per heavy atom. The highest BCUT2D eigenvalue weighted by molar-refractivity contribution is 5.02. The average molecular weight is 167 g/mol. The number of furan rings is 1. The standard InChI is InChI=1S/C9H13NO2/c1-7-5-10-9(12-6-7)8-3-2-4-11-8/h2-4,7,9-10H,5-6H2,1H3. The zero-order valence-electron chi connectivity index (χ0n) is 7.12. The van der Waals surface area contributed by atoms with E-state index in [-0.39, 0.29) is 6.23 Å². The van der Waals surface area contributed by atoms with Gasteiger partial charge in [-0.15, -0.1) is 0 Å². The molecule has 0 aromatic carbocycles. The Kier molecular flexibility index (Phi) is 2.15. The Bertz CT molecular complexity index is 225. The minimum Gasteiger partial charge on any atom is -0.465 e. The molecule has 0 aliphatic carbocycles. The van der Waals surface area contributed by atoms with E-state index in [1.807, 2.05) is 12.1 Å². The van der Waals surface area contributed by atoms with Crippen molar-refractivity contribution in [2.24, 2.45) is 5.92 Å². The third-order valence-electron chi connectivity index (χ3n) is 2.00. The maximum absolute atomic E-state index is 5.53. The van der Waals surface area contributed by atoms with Gasteiger partial charge in [0.1, 0.15) is 5.76 Å². The van der Waals surface area contributed by atoms with Gasteiger partial charge in [-0.05, 0) is 18.1 Å². The van der Waals surface area contributed by atoms with Gasteiger partial charge < -0.3 is 9.15 Å². The molecule has 3 nitrogen and oxygen atoms in total. The van der Waals surface area contributed by atoms with Crippen molar-refractivity contribution >= 4 is 0 Å². The van der Waals surface area contributed by atoms with E-state index in [1.54, 1.807) is 6.26 Å². The lowest BCUT2D eigenvalue weighted by Crippen LogP contribution is -2.36. The van der Waals surface area contributed by atoms with E-state index in [0.29, 0.717) is 5.92 Å². The molecule has 0 amide bonds. The summed E-state index contributed by atoms with van der Waals surface area (Å²) in [5.41, 5.74) is 0. The van der Waals surface area contributed by atoms with Gasteiger partial charge in [-0.2, -0.15) is 0 Å². The van der Waals surface area contributed by atoms with E-state index < -0.39 is 0 Å². The Hall–Kier alpha value is -0.800. The number of nitrogens with one attached hydrogen (secondary N) is 1.